The number of hydrogen-bond donors (Lipinski definition) is 1. The predicted molar refractivity (Wildman–Crippen MR) is 124 cm³/mol. The maximum atomic E-state index is 13.4. The SMILES string of the molecule is CCOC(=O)c1cnn(CC(=O)[C@H]2CC[C@H]3[C@@H]4CC[C@H]5C[C@](C)(O)CC[C@@H]5[C@H]4CC[C@]23C)c1. The van der Waals surface area contributed by atoms with E-state index in [1.165, 1.54) is 31.9 Å². The molecule has 1 aromatic rings. The lowest BCUT2D eigenvalue weighted by molar-refractivity contribution is -0.133. The Labute approximate surface area is 197 Å². The summed E-state index contributed by atoms with van der Waals surface area (Å²) in [6.07, 6.45) is 13.3. The van der Waals surface area contributed by atoms with Gasteiger partial charge in [0.05, 0.1) is 30.5 Å². The molecule has 0 saturated heterocycles. The van der Waals surface area contributed by atoms with Gasteiger partial charge in [0, 0.05) is 12.1 Å². The van der Waals surface area contributed by atoms with E-state index in [1.54, 1.807) is 17.8 Å². The second kappa shape index (κ2) is 8.51. The minimum absolute atomic E-state index is 0.0857. The molecule has 1 N–H and O–H groups in total. The van der Waals surface area contributed by atoms with Crippen molar-refractivity contribution in [1.82, 2.24) is 9.78 Å². The van der Waals surface area contributed by atoms with E-state index >= 15 is 0 Å². The van der Waals surface area contributed by atoms with Crippen LogP contribution in [0.5, 0.6) is 0 Å². The summed E-state index contributed by atoms with van der Waals surface area (Å²) in [4.78, 5) is 25.4. The third-order valence-corrected chi connectivity index (χ3v) is 10.1. The van der Waals surface area contributed by atoms with Crippen molar-refractivity contribution >= 4 is 11.8 Å². The molecule has 0 unspecified atom stereocenters. The summed E-state index contributed by atoms with van der Waals surface area (Å²) < 4.78 is 6.65. The van der Waals surface area contributed by atoms with Crippen LogP contribution in [0.15, 0.2) is 12.4 Å². The van der Waals surface area contributed by atoms with Crippen molar-refractivity contribution in [3.8, 4) is 0 Å². The highest BCUT2D eigenvalue weighted by Crippen LogP contribution is 2.64. The summed E-state index contributed by atoms with van der Waals surface area (Å²) in [5.41, 5.74) is 0.0215. The van der Waals surface area contributed by atoms with Crippen molar-refractivity contribution in [3.05, 3.63) is 18.0 Å². The van der Waals surface area contributed by atoms with Gasteiger partial charge in [0.2, 0.25) is 0 Å². The maximum Gasteiger partial charge on any atom is 0.341 e. The number of nitrogens with zero attached hydrogens (tertiary/aromatic N) is 2. The van der Waals surface area contributed by atoms with Crippen molar-refractivity contribution in [1.29, 1.82) is 0 Å². The number of fused-ring (bicyclic) bond motifs is 5. The Morgan fingerprint density at radius 2 is 1.88 bits per heavy atom. The van der Waals surface area contributed by atoms with Gasteiger partial charge in [-0.3, -0.25) is 9.48 Å². The van der Waals surface area contributed by atoms with Crippen molar-refractivity contribution in [2.45, 2.75) is 90.7 Å². The first-order chi connectivity index (χ1) is 15.7. The second-order valence-electron chi connectivity index (χ2n) is 12.0. The molecule has 33 heavy (non-hydrogen) atoms. The summed E-state index contributed by atoms with van der Waals surface area (Å²) >= 11 is 0. The van der Waals surface area contributed by atoms with Crippen molar-refractivity contribution < 1.29 is 19.4 Å². The fourth-order valence-electron chi connectivity index (χ4n) is 8.65. The highest BCUT2D eigenvalue weighted by atomic mass is 16.5. The van der Waals surface area contributed by atoms with Crippen LogP contribution in [0.3, 0.4) is 0 Å². The molecule has 1 aromatic heterocycles. The van der Waals surface area contributed by atoms with Crippen molar-refractivity contribution in [3.63, 3.8) is 0 Å². The molecule has 8 atom stereocenters. The van der Waals surface area contributed by atoms with Crippen molar-refractivity contribution in [2.24, 2.45) is 40.9 Å². The number of Topliss-reactive ketones (excluding diaryl/α,β-unsaturated/α-hetero) is 1. The molecule has 4 aliphatic carbocycles. The standard InChI is InChI=1S/C27H40N2O4/c1-4-33-25(31)18-14-28-29(15-18)16-24(30)23-8-7-22-21-6-5-17-13-26(2,32)11-9-19(17)20(21)10-12-27(22,23)3/h14-15,17,19-23,32H,4-13,16H2,1-3H3/t17-,19-,20+,21+,22-,23+,26+,27-/m0/s1. The van der Waals surface area contributed by atoms with E-state index in [1.807, 2.05) is 6.92 Å². The van der Waals surface area contributed by atoms with Crippen LogP contribution in [0.4, 0.5) is 0 Å². The zero-order valence-corrected chi connectivity index (χ0v) is 20.5. The number of aromatic nitrogens is 2. The zero-order valence-electron chi connectivity index (χ0n) is 20.5. The fraction of sp³-hybridized carbons (Fsp3) is 0.815. The summed E-state index contributed by atoms with van der Waals surface area (Å²) in [5, 5.41) is 14.9. The average molecular weight is 457 g/mol. The van der Waals surface area contributed by atoms with Crippen LogP contribution in [0.2, 0.25) is 0 Å². The Kier molecular flexibility index (Phi) is 5.95. The molecule has 0 amide bonds. The largest absolute Gasteiger partial charge is 0.462 e. The molecule has 4 saturated carbocycles. The second-order valence-corrected chi connectivity index (χ2v) is 12.0. The van der Waals surface area contributed by atoms with E-state index in [2.05, 4.69) is 12.0 Å². The highest BCUT2D eigenvalue weighted by Gasteiger charge is 2.58. The molecule has 1 heterocycles. The number of rotatable bonds is 5. The Morgan fingerprint density at radius 1 is 1.09 bits per heavy atom. The monoisotopic (exact) mass is 456 g/mol. The zero-order chi connectivity index (χ0) is 23.4. The van der Waals surface area contributed by atoms with Gasteiger partial charge < -0.3 is 9.84 Å². The normalized spacial score (nSPS) is 42.2. The summed E-state index contributed by atoms with van der Waals surface area (Å²) in [6.45, 7) is 6.75. The van der Waals surface area contributed by atoms with Crippen LogP contribution in [0, 0.1) is 40.9 Å². The van der Waals surface area contributed by atoms with E-state index in [0.717, 1.165) is 49.9 Å². The summed E-state index contributed by atoms with van der Waals surface area (Å²) in [7, 11) is 0. The molecule has 0 bridgehead atoms. The first-order valence-corrected chi connectivity index (χ1v) is 13.2. The van der Waals surface area contributed by atoms with E-state index in [4.69, 9.17) is 4.74 Å². The smallest absolute Gasteiger partial charge is 0.341 e. The molecule has 5 rings (SSSR count). The average Bonchev–Trinajstić information content (AvgIpc) is 3.37. The number of hydrogen-bond acceptors (Lipinski definition) is 5. The third kappa shape index (κ3) is 4.06. The van der Waals surface area contributed by atoms with Gasteiger partial charge in [0.1, 0.15) is 0 Å². The predicted octanol–water partition coefficient (Wildman–Crippen LogP) is 4.65. The molecule has 0 aliphatic heterocycles. The molecule has 6 nitrogen and oxygen atoms in total. The van der Waals surface area contributed by atoms with Gasteiger partial charge in [-0.2, -0.15) is 5.10 Å². The maximum absolute atomic E-state index is 13.4. The molecule has 0 spiro atoms. The number of carbonyl (C=O) groups excluding carboxylic acids is 2. The van der Waals surface area contributed by atoms with Gasteiger partial charge in [-0.05, 0) is 107 Å². The molecular weight excluding hydrogens is 416 g/mol. The van der Waals surface area contributed by atoms with E-state index in [0.29, 0.717) is 24.0 Å². The van der Waals surface area contributed by atoms with E-state index < -0.39 is 5.60 Å². The minimum Gasteiger partial charge on any atom is -0.462 e. The van der Waals surface area contributed by atoms with Crippen LogP contribution in [-0.2, 0) is 16.1 Å². The van der Waals surface area contributed by atoms with Gasteiger partial charge >= 0.3 is 5.97 Å². The number of ether oxygens (including phenoxy) is 1. The number of ketones is 1. The lowest BCUT2D eigenvalue weighted by atomic mass is 9.49. The van der Waals surface area contributed by atoms with E-state index in [9.17, 15) is 14.7 Å². The molecule has 4 fully saturated rings. The third-order valence-electron chi connectivity index (χ3n) is 10.1. The number of aliphatic hydroxyl groups is 1. The topological polar surface area (TPSA) is 81.4 Å². The van der Waals surface area contributed by atoms with Crippen LogP contribution in [0.25, 0.3) is 0 Å². The van der Waals surface area contributed by atoms with Gasteiger partial charge in [-0.15, -0.1) is 0 Å². The minimum atomic E-state index is -0.471. The summed E-state index contributed by atoms with van der Waals surface area (Å²) in [5.74, 6) is 3.59. The Balaban J connectivity index is 1.26. The highest BCUT2D eigenvalue weighted by molar-refractivity contribution is 5.89. The van der Waals surface area contributed by atoms with Gasteiger partial charge in [0.15, 0.2) is 5.78 Å². The number of esters is 1. The molecule has 0 radical (unpaired) electrons. The van der Waals surface area contributed by atoms with Gasteiger partial charge in [-0.1, -0.05) is 6.92 Å². The van der Waals surface area contributed by atoms with Gasteiger partial charge in [0.25, 0.3) is 0 Å². The van der Waals surface area contributed by atoms with Crippen LogP contribution >= 0.6 is 0 Å². The van der Waals surface area contributed by atoms with Crippen LogP contribution in [-0.4, -0.2) is 38.8 Å². The lowest BCUT2D eigenvalue weighted by Gasteiger charge is -2.56. The van der Waals surface area contributed by atoms with Crippen LogP contribution in [0.1, 0.15) is 88.9 Å². The Hall–Kier alpha value is -1.69. The van der Waals surface area contributed by atoms with E-state index in [-0.39, 0.29) is 29.6 Å². The fourth-order valence-corrected chi connectivity index (χ4v) is 8.65. The molecular formula is C27H40N2O4. The molecule has 4 aliphatic rings. The number of carbonyl (C=O) groups is 2. The quantitative estimate of drug-likeness (QED) is 0.653. The lowest BCUT2D eigenvalue weighted by Crippen LogP contribution is -2.51. The van der Waals surface area contributed by atoms with Gasteiger partial charge in [-0.25, -0.2) is 4.79 Å². The van der Waals surface area contributed by atoms with Crippen LogP contribution < -0.4 is 0 Å². The Morgan fingerprint density at radius 3 is 2.67 bits per heavy atom. The molecule has 0 aromatic carbocycles. The Bertz CT molecular complexity index is 908. The first kappa shape index (κ1) is 23.1. The molecule has 6 heteroatoms. The first-order valence-electron chi connectivity index (χ1n) is 13.2. The summed E-state index contributed by atoms with van der Waals surface area (Å²) in [6, 6.07) is 0. The van der Waals surface area contributed by atoms with Crippen molar-refractivity contribution in [2.75, 3.05) is 6.61 Å². The molecule has 182 valence electrons.